The third-order valence-electron chi connectivity index (χ3n) is 2.80. The lowest BCUT2D eigenvalue weighted by Gasteiger charge is -2.05. The average molecular weight is 399 g/mol. The Kier molecular flexibility index (Phi) is 4.63. The minimum Gasteiger partial charge on any atom is -0.198 e. The zero-order valence-electron chi connectivity index (χ0n) is 11.9. The molecule has 1 aromatic carbocycles. The van der Waals surface area contributed by atoms with Gasteiger partial charge in [-0.05, 0) is 47.2 Å². The van der Waals surface area contributed by atoms with E-state index >= 15 is 0 Å². The molecule has 0 aliphatic carbocycles. The second kappa shape index (κ2) is 6.55. The van der Waals surface area contributed by atoms with Crippen LogP contribution >= 0.6 is 22.7 Å². The number of thiophene rings is 2. The molecule has 0 fully saturated rings. The molecule has 6 nitrogen and oxygen atoms in total. The van der Waals surface area contributed by atoms with E-state index in [1.54, 1.807) is 22.9 Å². The number of benzene rings is 1. The lowest BCUT2D eigenvalue weighted by atomic mass is 10.3. The number of hydrogen-bond acceptors (Lipinski definition) is 6. The molecule has 3 rings (SSSR count). The van der Waals surface area contributed by atoms with Gasteiger partial charge in [0.2, 0.25) is 0 Å². The van der Waals surface area contributed by atoms with Crippen molar-refractivity contribution in [3.8, 4) is 0 Å². The Labute approximate surface area is 147 Å². The lowest BCUT2D eigenvalue weighted by molar-refractivity contribution is 0.590. The van der Waals surface area contributed by atoms with Crippen LogP contribution < -0.4 is 9.44 Å². The van der Waals surface area contributed by atoms with Gasteiger partial charge in [0.1, 0.15) is 8.42 Å². The van der Waals surface area contributed by atoms with Crippen LogP contribution in [0.4, 0.5) is 11.4 Å². The quantitative estimate of drug-likeness (QED) is 0.637. The van der Waals surface area contributed by atoms with Gasteiger partial charge in [-0.15, -0.1) is 22.7 Å². The van der Waals surface area contributed by atoms with Gasteiger partial charge in [-0.3, -0.25) is 0 Å². The summed E-state index contributed by atoms with van der Waals surface area (Å²) in [6.45, 7) is 0. The first-order valence-corrected chi connectivity index (χ1v) is 11.1. The van der Waals surface area contributed by atoms with E-state index in [0.717, 1.165) is 22.7 Å². The number of rotatable bonds is 6. The van der Waals surface area contributed by atoms with Gasteiger partial charge in [-0.1, -0.05) is 12.1 Å². The van der Waals surface area contributed by atoms with Crippen LogP contribution in [0, 0.1) is 0 Å². The van der Waals surface area contributed by atoms with Gasteiger partial charge < -0.3 is 0 Å². The Hall–Kier alpha value is -1.88. The van der Waals surface area contributed by atoms with Gasteiger partial charge in [0.15, 0.2) is 0 Å². The molecular weight excluding hydrogens is 388 g/mol. The molecule has 0 unspecified atom stereocenters. The van der Waals surface area contributed by atoms with E-state index in [1.807, 2.05) is 0 Å². The molecule has 3 aromatic rings. The fraction of sp³-hybridized carbons (Fsp3) is 0. The molecule has 2 radical (unpaired) electrons. The molecule has 0 N–H and O–H groups in total. The van der Waals surface area contributed by atoms with Crippen molar-refractivity contribution in [2.45, 2.75) is 8.42 Å². The van der Waals surface area contributed by atoms with Crippen molar-refractivity contribution in [1.29, 1.82) is 0 Å². The maximum absolute atomic E-state index is 12.1. The van der Waals surface area contributed by atoms with Gasteiger partial charge >= 0.3 is 0 Å². The molecule has 2 aromatic heterocycles. The minimum atomic E-state index is -3.76. The zero-order chi connectivity index (χ0) is 17.2. The van der Waals surface area contributed by atoms with Gasteiger partial charge in [0.05, 0.1) is 11.4 Å². The van der Waals surface area contributed by atoms with Crippen LogP contribution in [0.15, 0.2) is 67.7 Å². The minimum absolute atomic E-state index is 0.150. The number of sulfonamides is 2. The molecule has 0 bridgehead atoms. The number of hydrogen-bond donors (Lipinski definition) is 0. The van der Waals surface area contributed by atoms with Crippen molar-refractivity contribution in [3.05, 3.63) is 59.3 Å². The summed E-state index contributed by atoms with van der Waals surface area (Å²) >= 11 is 2.16. The van der Waals surface area contributed by atoms with Gasteiger partial charge in [-0.25, -0.2) is 0 Å². The molecule has 24 heavy (non-hydrogen) atoms. The fourth-order valence-electron chi connectivity index (χ4n) is 1.76. The topological polar surface area (TPSA) is 96.5 Å². The summed E-state index contributed by atoms with van der Waals surface area (Å²) in [6, 6.07) is 11.8. The lowest BCUT2D eigenvalue weighted by Crippen LogP contribution is -2.11. The van der Waals surface area contributed by atoms with Crippen molar-refractivity contribution in [3.63, 3.8) is 0 Å². The van der Waals surface area contributed by atoms with E-state index in [-0.39, 0.29) is 19.8 Å². The maximum atomic E-state index is 12.1. The summed E-state index contributed by atoms with van der Waals surface area (Å²) in [6.07, 6.45) is 0. The summed E-state index contributed by atoms with van der Waals surface area (Å²) < 4.78 is 56.0. The first-order valence-electron chi connectivity index (χ1n) is 6.50. The Balaban J connectivity index is 1.75. The van der Waals surface area contributed by atoms with E-state index in [1.165, 1.54) is 36.4 Å². The van der Waals surface area contributed by atoms with E-state index in [2.05, 4.69) is 9.44 Å². The summed E-state index contributed by atoms with van der Waals surface area (Å²) in [5, 5.41) is 3.31. The zero-order valence-corrected chi connectivity index (χ0v) is 15.2. The fourth-order valence-corrected chi connectivity index (χ4v) is 5.67. The third-order valence-corrected chi connectivity index (χ3v) is 8.16. The molecule has 0 amide bonds. The SMILES string of the molecule is O=S(=O)([N]c1ccc([N]S(=O)(=O)c2cccs2)cc1)c1cccs1. The highest BCUT2D eigenvalue weighted by Gasteiger charge is 2.19. The van der Waals surface area contributed by atoms with Crippen molar-refractivity contribution in [1.82, 2.24) is 9.44 Å². The molecule has 0 aliphatic heterocycles. The second-order valence-electron chi connectivity index (χ2n) is 4.51. The van der Waals surface area contributed by atoms with Crippen LogP contribution in [-0.2, 0) is 20.0 Å². The highest BCUT2D eigenvalue weighted by Crippen LogP contribution is 2.24. The van der Waals surface area contributed by atoms with E-state index in [0.29, 0.717) is 0 Å². The first kappa shape index (κ1) is 17.0. The highest BCUT2D eigenvalue weighted by atomic mass is 32.3. The molecule has 0 saturated heterocycles. The van der Waals surface area contributed by atoms with Crippen LogP contribution in [0.3, 0.4) is 0 Å². The normalized spacial score (nSPS) is 12.0. The smallest absolute Gasteiger partial charge is 0.198 e. The monoisotopic (exact) mass is 398 g/mol. The van der Waals surface area contributed by atoms with Crippen molar-refractivity contribution in [2.24, 2.45) is 0 Å². The molecule has 2 heterocycles. The first-order chi connectivity index (χ1) is 11.4. The third kappa shape index (κ3) is 3.78. The van der Waals surface area contributed by atoms with Crippen LogP contribution in [0.5, 0.6) is 0 Å². The number of nitrogens with zero attached hydrogens (tertiary/aromatic N) is 2. The van der Waals surface area contributed by atoms with E-state index in [9.17, 15) is 16.8 Å². The van der Waals surface area contributed by atoms with Crippen LogP contribution in [0.25, 0.3) is 0 Å². The second-order valence-corrected chi connectivity index (χ2v) is 10.1. The largest absolute Gasteiger partial charge is 0.292 e. The van der Waals surface area contributed by atoms with Gasteiger partial charge in [-0.2, -0.15) is 26.3 Å². The summed E-state index contributed by atoms with van der Waals surface area (Å²) in [7, 11) is -7.51. The standard InChI is InChI=1S/C14H10N2O4S4/c17-23(18,13-3-1-9-21-13)15-11-5-7-12(8-6-11)16-24(19,20)14-4-2-10-22-14/h1-10H. The predicted octanol–water partition coefficient (Wildman–Crippen LogP) is 3.06. The van der Waals surface area contributed by atoms with Gasteiger partial charge in [0.25, 0.3) is 20.0 Å². The molecule has 124 valence electrons. The Morgan fingerprint density at radius 2 is 1.00 bits per heavy atom. The van der Waals surface area contributed by atoms with Crippen molar-refractivity contribution >= 4 is 54.1 Å². The molecule has 0 spiro atoms. The van der Waals surface area contributed by atoms with Crippen LogP contribution in [0.2, 0.25) is 0 Å². The molecule has 0 aliphatic rings. The van der Waals surface area contributed by atoms with E-state index in [4.69, 9.17) is 0 Å². The molecule has 0 atom stereocenters. The Bertz CT molecular complexity index is 922. The molecular formula is C14H10N2O4S4. The average Bonchev–Trinajstić information content (AvgIpc) is 3.23. The van der Waals surface area contributed by atoms with Crippen LogP contribution in [-0.4, -0.2) is 16.8 Å². The highest BCUT2D eigenvalue weighted by molar-refractivity contribution is 7.92. The molecule has 0 saturated carbocycles. The van der Waals surface area contributed by atoms with Crippen molar-refractivity contribution in [2.75, 3.05) is 0 Å². The summed E-state index contributed by atoms with van der Waals surface area (Å²) in [5.41, 5.74) is 0.409. The van der Waals surface area contributed by atoms with Crippen molar-refractivity contribution < 1.29 is 16.8 Å². The van der Waals surface area contributed by atoms with E-state index < -0.39 is 20.0 Å². The Morgan fingerprint density at radius 1 is 0.625 bits per heavy atom. The maximum Gasteiger partial charge on any atom is 0.292 e. The Morgan fingerprint density at radius 3 is 1.29 bits per heavy atom. The predicted molar refractivity (Wildman–Crippen MR) is 93.0 cm³/mol. The van der Waals surface area contributed by atoms with Crippen LogP contribution in [0.1, 0.15) is 0 Å². The summed E-state index contributed by atoms with van der Waals surface area (Å²) in [5.74, 6) is 0. The molecule has 10 heteroatoms. The summed E-state index contributed by atoms with van der Waals surface area (Å²) in [4.78, 5) is 0. The van der Waals surface area contributed by atoms with Gasteiger partial charge in [0, 0.05) is 0 Å².